The van der Waals surface area contributed by atoms with Crippen molar-refractivity contribution in [1.29, 1.82) is 0 Å². The van der Waals surface area contributed by atoms with Crippen molar-refractivity contribution < 1.29 is 13.9 Å². The Bertz CT molecular complexity index is 575. The Labute approximate surface area is 118 Å². The van der Waals surface area contributed by atoms with Crippen molar-refractivity contribution >= 4 is 5.97 Å². The fraction of sp³-hybridized carbons (Fsp3) is 0.312. The molecule has 1 unspecified atom stereocenters. The van der Waals surface area contributed by atoms with Crippen LogP contribution in [0.5, 0.6) is 0 Å². The molecular weight excluding hydrogens is 254 g/mol. The van der Waals surface area contributed by atoms with E-state index in [2.05, 4.69) is 24.4 Å². The first-order valence-electron chi connectivity index (χ1n) is 6.57. The first kappa shape index (κ1) is 14.3. The minimum absolute atomic E-state index is 0.211. The van der Waals surface area contributed by atoms with E-state index in [1.807, 2.05) is 18.2 Å². The van der Waals surface area contributed by atoms with Crippen LogP contribution < -0.4 is 5.32 Å². The summed E-state index contributed by atoms with van der Waals surface area (Å²) in [4.78, 5) is 11.5. The Balaban J connectivity index is 1.99. The average Bonchev–Trinajstić information content (AvgIpc) is 2.86. The highest BCUT2D eigenvalue weighted by Crippen LogP contribution is 2.17. The molecule has 0 aliphatic rings. The molecule has 4 heteroatoms. The Hall–Kier alpha value is -2.07. The Morgan fingerprint density at radius 1 is 1.35 bits per heavy atom. The van der Waals surface area contributed by atoms with Gasteiger partial charge in [0.25, 0.3) is 0 Å². The van der Waals surface area contributed by atoms with Crippen LogP contribution in [0.3, 0.4) is 0 Å². The standard InChI is InChI=1S/C16H19NO3/c1-11(13-7-5-4-6-8-13)17-10-14-9-15(12(2)20-14)16(18)19-3/h4-9,11,17H,10H2,1-3H3. The molecule has 0 bridgehead atoms. The van der Waals surface area contributed by atoms with Crippen molar-refractivity contribution in [2.75, 3.05) is 7.11 Å². The van der Waals surface area contributed by atoms with Crippen molar-refractivity contribution in [1.82, 2.24) is 5.32 Å². The summed E-state index contributed by atoms with van der Waals surface area (Å²) in [6.07, 6.45) is 0. The van der Waals surface area contributed by atoms with Gasteiger partial charge in [-0.25, -0.2) is 4.79 Å². The largest absolute Gasteiger partial charge is 0.465 e. The summed E-state index contributed by atoms with van der Waals surface area (Å²) in [5.41, 5.74) is 1.70. The van der Waals surface area contributed by atoms with Crippen LogP contribution in [-0.2, 0) is 11.3 Å². The molecule has 20 heavy (non-hydrogen) atoms. The van der Waals surface area contributed by atoms with E-state index in [1.165, 1.54) is 12.7 Å². The van der Waals surface area contributed by atoms with Gasteiger partial charge < -0.3 is 14.5 Å². The average molecular weight is 273 g/mol. The highest BCUT2D eigenvalue weighted by atomic mass is 16.5. The zero-order valence-corrected chi connectivity index (χ0v) is 12.0. The molecule has 4 nitrogen and oxygen atoms in total. The minimum atomic E-state index is -0.367. The molecule has 1 atom stereocenters. The molecule has 0 fully saturated rings. The summed E-state index contributed by atoms with van der Waals surface area (Å²) < 4.78 is 10.3. The summed E-state index contributed by atoms with van der Waals surface area (Å²) >= 11 is 0. The third-order valence-corrected chi connectivity index (χ3v) is 3.26. The summed E-state index contributed by atoms with van der Waals surface area (Å²) in [6.45, 7) is 4.41. The fourth-order valence-electron chi connectivity index (χ4n) is 2.06. The third kappa shape index (κ3) is 3.27. The third-order valence-electron chi connectivity index (χ3n) is 3.26. The summed E-state index contributed by atoms with van der Waals surface area (Å²) in [6, 6.07) is 12.1. The lowest BCUT2D eigenvalue weighted by Gasteiger charge is -2.12. The van der Waals surface area contributed by atoms with Crippen LogP contribution in [0.1, 0.15) is 40.4 Å². The predicted molar refractivity (Wildman–Crippen MR) is 76.5 cm³/mol. The van der Waals surface area contributed by atoms with Crippen LogP contribution in [-0.4, -0.2) is 13.1 Å². The molecule has 1 aromatic heterocycles. The first-order chi connectivity index (χ1) is 9.61. The van der Waals surface area contributed by atoms with Crippen molar-refractivity contribution in [3.05, 3.63) is 59.0 Å². The van der Waals surface area contributed by atoms with Gasteiger partial charge in [-0.3, -0.25) is 0 Å². The van der Waals surface area contributed by atoms with Gasteiger partial charge in [0.15, 0.2) is 0 Å². The van der Waals surface area contributed by atoms with Crippen molar-refractivity contribution in [3.8, 4) is 0 Å². The van der Waals surface area contributed by atoms with E-state index in [9.17, 15) is 4.79 Å². The van der Waals surface area contributed by atoms with E-state index in [-0.39, 0.29) is 12.0 Å². The lowest BCUT2D eigenvalue weighted by molar-refractivity contribution is 0.0599. The maximum Gasteiger partial charge on any atom is 0.341 e. The molecule has 2 rings (SSSR count). The second-order valence-electron chi connectivity index (χ2n) is 4.69. The Morgan fingerprint density at radius 2 is 2.05 bits per heavy atom. The second kappa shape index (κ2) is 6.39. The minimum Gasteiger partial charge on any atom is -0.465 e. The molecule has 0 radical (unpaired) electrons. The number of nitrogens with one attached hydrogen (secondary N) is 1. The van der Waals surface area contributed by atoms with Gasteiger partial charge in [-0.15, -0.1) is 0 Å². The summed E-state index contributed by atoms with van der Waals surface area (Å²) in [5, 5.41) is 3.37. The van der Waals surface area contributed by atoms with Crippen LogP contribution in [0.15, 0.2) is 40.8 Å². The van der Waals surface area contributed by atoms with Gasteiger partial charge in [-0.05, 0) is 25.5 Å². The van der Waals surface area contributed by atoms with Gasteiger partial charge in [0.2, 0.25) is 0 Å². The maximum absolute atomic E-state index is 11.5. The van der Waals surface area contributed by atoms with Crippen molar-refractivity contribution in [2.45, 2.75) is 26.4 Å². The lowest BCUT2D eigenvalue weighted by Crippen LogP contribution is -2.17. The van der Waals surface area contributed by atoms with Gasteiger partial charge in [-0.2, -0.15) is 0 Å². The van der Waals surface area contributed by atoms with Crippen LogP contribution >= 0.6 is 0 Å². The van der Waals surface area contributed by atoms with Crippen molar-refractivity contribution in [2.24, 2.45) is 0 Å². The molecule has 0 aliphatic carbocycles. The number of hydrogen-bond acceptors (Lipinski definition) is 4. The van der Waals surface area contributed by atoms with Crippen LogP contribution in [0, 0.1) is 6.92 Å². The van der Waals surface area contributed by atoms with E-state index in [0.29, 0.717) is 17.9 Å². The van der Waals surface area contributed by atoms with Gasteiger partial charge >= 0.3 is 5.97 Å². The molecule has 1 aromatic carbocycles. The number of methoxy groups -OCH3 is 1. The molecule has 2 aromatic rings. The number of hydrogen-bond donors (Lipinski definition) is 1. The summed E-state index contributed by atoms with van der Waals surface area (Å²) in [7, 11) is 1.37. The lowest BCUT2D eigenvalue weighted by atomic mass is 10.1. The molecule has 1 heterocycles. The van der Waals surface area contributed by atoms with Gasteiger partial charge in [0, 0.05) is 6.04 Å². The normalized spacial score (nSPS) is 12.2. The smallest absolute Gasteiger partial charge is 0.341 e. The van der Waals surface area contributed by atoms with Gasteiger partial charge in [-0.1, -0.05) is 30.3 Å². The topological polar surface area (TPSA) is 51.5 Å². The van der Waals surface area contributed by atoms with E-state index in [1.54, 1.807) is 13.0 Å². The zero-order valence-electron chi connectivity index (χ0n) is 12.0. The van der Waals surface area contributed by atoms with Crippen molar-refractivity contribution in [3.63, 3.8) is 0 Å². The molecule has 0 spiro atoms. The molecule has 1 N–H and O–H groups in total. The first-order valence-corrected chi connectivity index (χ1v) is 6.57. The molecule has 106 valence electrons. The predicted octanol–water partition coefficient (Wildman–Crippen LogP) is 3.23. The second-order valence-corrected chi connectivity index (χ2v) is 4.69. The molecule has 0 aliphatic heterocycles. The van der Waals surface area contributed by atoms with Gasteiger partial charge in [0.1, 0.15) is 17.1 Å². The zero-order chi connectivity index (χ0) is 14.5. The Kier molecular flexibility index (Phi) is 4.58. The molecular formula is C16H19NO3. The van der Waals surface area contributed by atoms with E-state index >= 15 is 0 Å². The highest BCUT2D eigenvalue weighted by molar-refractivity contribution is 5.90. The number of esters is 1. The van der Waals surface area contributed by atoms with Crippen LogP contribution in [0.25, 0.3) is 0 Å². The molecule has 0 saturated heterocycles. The van der Waals surface area contributed by atoms with Crippen LogP contribution in [0.2, 0.25) is 0 Å². The van der Waals surface area contributed by atoms with Crippen LogP contribution in [0.4, 0.5) is 0 Å². The quantitative estimate of drug-likeness (QED) is 0.850. The van der Waals surface area contributed by atoms with E-state index < -0.39 is 0 Å². The number of ether oxygens (including phenoxy) is 1. The number of carbonyl (C=O) groups excluding carboxylic acids is 1. The summed E-state index contributed by atoms with van der Waals surface area (Å²) in [5.74, 6) is 0.945. The highest BCUT2D eigenvalue weighted by Gasteiger charge is 2.15. The Morgan fingerprint density at radius 3 is 2.70 bits per heavy atom. The molecule has 0 amide bonds. The number of rotatable bonds is 5. The fourth-order valence-corrected chi connectivity index (χ4v) is 2.06. The van der Waals surface area contributed by atoms with Gasteiger partial charge in [0.05, 0.1) is 13.7 Å². The number of aryl methyl sites for hydroxylation is 1. The SMILES string of the molecule is COC(=O)c1cc(CNC(C)c2ccccc2)oc1C. The van der Waals surface area contributed by atoms with E-state index in [4.69, 9.17) is 9.15 Å². The number of benzene rings is 1. The van der Waals surface area contributed by atoms with E-state index in [0.717, 1.165) is 5.76 Å². The maximum atomic E-state index is 11.5. The number of carbonyl (C=O) groups is 1. The monoisotopic (exact) mass is 273 g/mol. The molecule has 0 saturated carbocycles. The number of furan rings is 1.